The van der Waals surface area contributed by atoms with Crippen molar-refractivity contribution in [2.24, 2.45) is 17.6 Å². The van der Waals surface area contributed by atoms with Gasteiger partial charge in [0.2, 0.25) is 0 Å². The van der Waals surface area contributed by atoms with E-state index in [9.17, 15) is 0 Å². The molecule has 0 bridgehead atoms. The molecule has 2 aliphatic rings. The van der Waals surface area contributed by atoms with E-state index in [1.165, 1.54) is 51.5 Å². The summed E-state index contributed by atoms with van der Waals surface area (Å²) < 4.78 is 0. The van der Waals surface area contributed by atoms with E-state index in [0.717, 1.165) is 17.9 Å². The molecule has 0 saturated heterocycles. The minimum absolute atomic E-state index is 0.475. The van der Waals surface area contributed by atoms with Gasteiger partial charge in [-0.1, -0.05) is 26.2 Å². The van der Waals surface area contributed by atoms with Crippen LogP contribution >= 0.6 is 0 Å². The van der Waals surface area contributed by atoms with E-state index in [-0.39, 0.29) is 0 Å². The average molecular weight is 224 g/mol. The van der Waals surface area contributed by atoms with Gasteiger partial charge in [0.1, 0.15) is 0 Å². The lowest BCUT2D eigenvalue weighted by atomic mass is 9.86. The molecule has 4 atom stereocenters. The molecule has 2 rings (SSSR count). The highest BCUT2D eigenvalue weighted by Gasteiger charge is 2.28. The Labute approximate surface area is 101 Å². The van der Waals surface area contributed by atoms with Crippen LogP contribution in [0.5, 0.6) is 0 Å². The fourth-order valence-corrected chi connectivity index (χ4v) is 3.61. The summed E-state index contributed by atoms with van der Waals surface area (Å²) >= 11 is 0. The minimum atomic E-state index is 0.475. The summed E-state index contributed by atoms with van der Waals surface area (Å²) in [6.07, 6.45) is 9.62. The average Bonchev–Trinajstić information content (AvgIpc) is 2.64. The lowest BCUT2D eigenvalue weighted by Gasteiger charge is -2.36. The van der Waals surface area contributed by atoms with Crippen LogP contribution in [-0.2, 0) is 0 Å². The summed E-state index contributed by atoms with van der Waals surface area (Å²) in [5.41, 5.74) is 6.16. The van der Waals surface area contributed by atoms with E-state index < -0.39 is 0 Å². The molecule has 2 saturated carbocycles. The number of nitrogens with zero attached hydrogens (tertiary/aromatic N) is 1. The number of nitrogens with two attached hydrogens (primary N) is 1. The van der Waals surface area contributed by atoms with Gasteiger partial charge in [0.05, 0.1) is 0 Å². The fourth-order valence-electron chi connectivity index (χ4n) is 3.61. The van der Waals surface area contributed by atoms with Gasteiger partial charge >= 0.3 is 0 Å². The maximum Gasteiger partial charge on any atom is 0.00948 e. The van der Waals surface area contributed by atoms with Crippen molar-refractivity contribution in [1.82, 2.24) is 4.90 Å². The van der Waals surface area contributed by atoms with Gasteiger partial charge in [-0.3, -0.25) is 0 Å². The Morgan fingerprint density at radius 3 is 2.50 bits per heavy atom. The number of rotatable bonds is 3. The van der Waals surface area contributed by atoms with Gasteiger partial charge in [-0.05, 0) is 44.6 Å². The van der Waals surface area contributed by atoms with Crippen LogP contribution in [0.25, 0.3) is 0 Å². The molecule has 2 aliphatic carbocycles. The third-order valence-corrected chi connectivity index (χ3v) is 4.77. The third-order valence-electron chi connectivity index (χ3n) is 4.77. The Bertz CT molecular complexity index is 217. The predicted molar refractivity (Wildman–Crippen MR) is 69.4 cm³/mol. The molecule has 2 N–H and O–H groups in total. The molecule has 0 aliphatic heterocycles. The summed E-state index contributed by atoms with van der Waals surface area (Å²) in [6, 6.07) is 1.31. The van der Waals surface area contributed by atoms with E-state index >= 15 is 0 Å². The van der Waals surface area contributed by atoms with Crippen LogP contribution in [0.2, 0.25) is 0 Å². The summed E-state index contributed by atoms with van der Waals surface area (Å²) in [5, 5.41) is 0. The topological polar surface area (TPSA) is 29.3 Å². The Morgan fingerprint density at radius 1 is 1.12 bits per heavy atom. The molecule has 16 heavy (non-hydrogen) atoms. The zero-order valence-corrected chi connectivity index (χ0v) is 11.0. The highest BCUT2D eigenvalue weighted by molar-refractivity contribution is 4.85. The molecular weight excluding hydrogens is 196 g/mol. The predicted octanol–water partition coefficient (Wildman–Crippen LogP) is 2.62. The Balaban J connectivity index is 1.80. The standard InChI is InChI=1S/C14H28N2/c1-11-5-3-7-13(9-11)16(2)10-12-6-4-8-14(12)15/h11-14H,3-10,15H2,1-2H3. The molecule has 2 fully saturated rings. The van der Waals surface area contributed by atoms with Gasteiger partial charge in [0, 0.05) is 18.6 Å². The van der Waals surface area contributed by atoms with Crippen molar-refractivity contribution in [2.45, 2.75) is 64.0 Å². The fraction of sp³-hybridized carbons (Fsp3) is 1.00. The van der Waals surface area contributed by atoms with Crippen LogP contribution in [-0.4, -0.2) is 30.6 Å². The zero-order chi connectivity index (χ0) is 11.5. The third kappa shape index (κ3) is 2.98. The van der Waals surface area contributed by atoms with E-state index in [0.29, 0.717) is 6.04 Å². The Hall–Kier alpha value is -0.0800. The van der Waals surface area contributed by atoms with E-state index in [1.807, 2.05) is 0 Å². The molecule has 94 valence electrons. The van der Waals surface area contributed by atoms with Crippen molar-refractivity contribution in [3.05, 3.63) is 0 Å². The summed E-state index contributed by atoms with van der Waals surface area (Å²) in [6.45, 7) is 3.64. The van der Waals surface area contributed by atoms with Gasteiger partial charge in [-0.15, -0.1) is 0 Å². The monoisotopic (exact) mass is 224 g/mol. The quantitative estimate of drug-likeness (QED) is 0.798. The van der Waals surface area contributed by atoms with Crippen LogP contribution in [0, 0.1) is 11.8 Å². The first-order valence-electron chi connectivity index (χ1n) is 7.12. The van der Waals surface area contributed by atoms with E-state index in [2.05, 4.69) is 18.9 Å². The molecule has 0 radical (unpaired) electrons. The Kier molecular flexibility index (Phi) is 4.26. The number of hydrogen-bond acceptors (Lipinski definition) is 2. The van der Waals surface area contributed by atoms with Crippen LogP contribution in [0.3, 0.4) is 0 Å². The van der Waals surface area contributed by atoms with Crippen molar-refractivity contribution >= 4 is 0 Å². The molecule has 0 aromatic heterocycles. The van der Waals surface area contributed by atoms with Crippen LogP contribution in [0.1, 0.15) is 51.9 Å². The van der Waals surface area contributed by atoms with E-state index in [4.69, 9.17) is 5.73 Å². The second-order valence-corrected chi connectivity index (χ2v) is 6.22. The molecule has 0 spiro atoms. The van der Waals surface area contributed by atoms with Crippen molar-refractivity contribution in [2.75, 3.05) is 13.6 Å². The van der Waals surface area contributed by atoms with Gasteiger partial charge in [0.25, 0.3) is 0 Å². The second kappa shape index (κ2) is 5.50. The smallest absolute Gasteiger partial charge is 0.00948 e. The molecule has 2 heteroatoms. The summed E-state index contributed by atoms with van der Waals surface area (Å²) in [5.74, 6) is 1.70. The van der Waals surface area contributed by atoms with Crippen molar-refractivity contribution in [1.29, 1.82) is 0 Å². The normalized spacial score (nSPS) is 40.5. The lowest BCUT2D eigenvalue weighted by molar-refractivity contribution is 0.141. The maximum atomic E-state index is 6.16. The van der Waals surface area contributed by atoms with Crippen molar-refractivity contribution in [3.63, 3.8) is 0 Å². The molecule has 2 nitrogen and oxygen atoms in total. The van der Waals surface area contributed by atoms with Crippen molar-refractivity contribution in [3.8, 4) is 0 Å². The highest BCUT2D eigenvalue weighted by atomic mass is 15.1. The Morgan fingerprint density at radius 2 is 1.88 bits per heavy atom. The first-order chi connectivity index (χ1) is 7.66. The molecular formula is C14H28N2. The molecule has 4 unspecified atom stereocenters. The second-order valence-electron chi connectivity index (χ2n) is 6.22. The minimum Gasteiger partial charge on any atom is -0.327 e. The molecule has 0 aromatic carbocycles. The first-order valence-corrected chi connectivity index (χ1v) is 7.12. The number of hydrogen-bond donors (Lipinski definition) is 1. The van der Waals surface area contributed by atoms with Crippen LogP contribution in [0.4, 0.5) is 0 Å². The van der Waals surface area contributed by atoms with Crippen LogP contribution < -0.4 is 5.73 Å². The van der Waals surface area contributed by atoms with Gasteiger partial charge in [-0.2, -0.15) is 0 Å². The maximum absolute atomic E-state index is 6.16. The van der Waals surface area contributed by atoms with E-state index in [1.54, 1.807) is 0 Å². The molecule has 0 amide bonds. The van der Waals surface area contributed by atoms with Gasteiger partial charge < -0.3 is 10.6 Å². The largest absolute Gasteiger partial charge is 0.327 e. The van der Waals surface area contributed by atoms with Gasteiger partial charge in [0.15, 0.2) is 0 Å². The molecule has 0 aromatic rings. The van der Waals surface area contributed by atoms with Gasteiger partial charge in [-0.25, -0.2) is 0 Å². The SMILES string of the molecule is CC1CCCC(N(C)CC2CCCC2N)C1. The zero-order valence-electron chi connectivity index (χ0n) is 11.0. The summed E-state index contributed by atoms with van der Waals surface area (Å²) in [4.78, 5) is 2.60. The van der Waals surface area contributed by atoms with Crippen molar-refractivity contribution < 1.29 is 0 Å². The first kappa shape index (κ1) is 12.4. The van der Waals surface area contributed by atoms with Crippen LogP contribution in [0.15, 0.2) is 0 Å². The summed E-state index contributed by atoms with van der Waals surface area (Å²) in [7, 11) is 2.31. The lowest BCUT2D eigenvalue weighted by Crippen LogP contribution is -2.41. The highest BCUT2D eigenvalue weighted by Crippen LogP contribution is 2.29. The molecule has 0 heterocycles.